The van der Waals surface area contributed by atoms with E-state index in [0.29, 0.717) is 0 Å². The second-order valence-corrected chi connectivity index (χ2v) is 7.17. The monoisotopic (exact) mass is 387 g/mol. The Labute approximate surface area is 160 Å². The Morgan fingerprint density at radius 1 is 1.07 bits per heavy atom. The van der Waals surface area contributed by atoms with Gasteiger partial charge in [-0.3, -0.25) is 4.79 Å². The molecule has 0 bridgehead atoms. The van der Waals surface area contributed by atoms with Gasteiger partial charge in [-0.1, -0.05) is 48.5 Å². The molecule has 28 heavy (non-hydrogen) atoms. The van der Waals surface area contributed by atoms with E-state index in [1.54, 1.807) is 0 Å². The van der Waals surface area contributed by atoms with Crippen LogP contribution in [0.5, 0.6) is 0 Å². The Balaban J connectivity index is 1.47. The van der Waals surface area contributed by atoms with Gasteiger partial charge in [0, 0.05) is 12.5 Å². The smallest absolute Gasteiger partial charge is 0.409 e. The van der Waals surface area contributed by atoms with E-state index in [-0.39, 0.29) is 25.5 Å². The number of likely N-dealkylation sites (tertiary alicyclic amines) is 1. The molecule has 1 aliphatic carbocycles. The van der Waals surface area contributed by atoms with Gasteiger partial charge in [-0.15, -0.1) is 0 Å². The maximum Gasteiger partial charge on any atom is 0.409 e. The molecule has 1 amide bonds. The van der Waals surface area contributed by atoms with E-state index in [2.05, 4.69) is 0 Å². The van der Waals surface area contributed by atoms with Crippen LogP contribution in [0.3, 0.4) is 0 Å². The Morgan fingerprint density at radius 2 is 1.64 bits per heavy atom. The van der Waals surface area contributed by atoms with Crippen molar-refractivity contribution in [3.05, 3.63) is 59.7 Å². The van der Waals surface area contributed by atoms with Gasteiger partial charge in [0.25, 0.3) is 5.92 Å². The van der Waals surface area contributed by atoms with E-state index >= 15 is 0 Å². The average Bonchev–Trinajstić information content (AvgIpc) is 2.99. The van der Waals surface area contributed by atoms with Crippen LogP contribution in [-0.4, -0.2) is 47.7 Å². The zero-order valence-electron chi connectivity index (χ0n) is 15.0. The molecule has 1 N–H and O–H groups in total. The highest BCUT2D eigenvalue weighted by molar-refractivity contribution is 5.79. The molecule has 1 atom stereocenters. The van der Waals surface area contributed by atoms with Crippen molar-refractivity contribution in [1.29, 1.82) is 0 Å². The van der Waals surface area contributed by atoms with Gasteiger partial charge in [-0.2, -0.15) is 0 Å². The van der Waals surface area contributed by atoms with Crippen LogP contribution in [0.1, 0.15) is 23.5 Å². The third-order valence-corrected chi connectivity index (χ3v) is 5.49. The van der Waals surface area contributed by atoms with Crippen molar-refractivity contribution in [2.45, 2.75) is 18.3 Å². The lowest BCUT2D eigenvalue weighted by Crippen LogP contribution is -2.53. The fourth-order valence-corrected chi connectivity index (χ4v) is 4.09. The summed E-state index contributed by atoms with van der Waals surface area (Å²) in [5.74, 6) is -6.95. The van der Waals surface area contributed by atoms with E-state index < -0.39 is 30.4 Å². The molecule has 1 saturated heterocycles. The normalized spacial score (nSPS) is 20.4. The molecule has 1 unspecified atom stereocenters. The lowest BCUT2D eigenvalue weighted by Gasteiger charge is -2.35. The minimum Gasteiger partial charge on any atom is -0.481 e. The second-order valence-electron chi connectivity index (χ2n) is 7.17. The van der Waals surface area contributed by atoms with Gasteiger partial charge >= 0.3 is 12.1 Å². The zero-order valence-corrected chi connectivity index (χ0v) is 15.0. The lowest BCUT2D eigenvalue weighted by molar-refractivity contribution is -0.165. The van der Waals surface area contributed by atoms with E-state index in [0.717, 1.165) is 27.2 Å². The summed E-state index contributed by atoms with van der Waals surface area (Å²) in [4.78, 5) is 24.2. The van der Waals surface area contributed by atoms with Crippen LogP contribution in [0.4, 0.5) is 13.6 Å². The van der Waals surface area contributed by atoms with E-state index in [9.17, 15) is 18.4 Å². The summed E-state index contributed by atoms with van der Waals surface area (Å²) in [6.07, 6.45) is -1.14. The summed E-state index contributed by atoms with van der Waals surface area (Å²) < 4.78 is 33.4. The number of ether oxygens (including phenoxy) is 1. The third kappa shape index (κ3) is 3.10. The van der Waals surface area contributed by atoms with Crippen molar-refractivity contribution < 1.29 is 28.2 Å². The summed E-state index contributed by atoms with van der Waals surface area (Å²) in [5.41, 5.74) is 4.22. The molecule has 4 rings (SSSR count). The molecule has 0 radical (unpaired) electrons. The van der Waals surface area contributed by atoms with Crippen LogP contribution < -0.4 is 0 Å². The average molecular weight is 387 g/mol. The molecule has 2 aromatic rings. The number of carboxylic acids is 1. The Kier molecular flexibility index (Phi) is 4.53. The molecule has 0 aromatic heterocycles. The molecule has 0 saturated carbocycles. The van der Waals surface area contributed by atoms with Gasteiger partial charge < -0.3 is 14.7 Å². The highest BCUT2D eigenvalue weighted by atomic mass is 19.3. The number of hydrogen-bond donors (Lipinski definition) is 1. The summed E-state index contributed by atoms with van der Waals surface area (Å²) in [6.45, 7) is -0.971. The first kappa shape index (κ1) is 18.4. The number of nitrogens with zero attached hydrogens (tertiary/aromatic N) is 1. The second kappa shape index (κ2) is 6.89. The van der Waals surface area contributed by atoms with E-state index in [1.165, 1.54) is 0 Å². The van der Waals surface area contributed by atoms with Gasteiger partial charge in [0.15, 0.2) is 0 Å². The molecular formula is C21H19F2NO4. The zero-order chi connectivity index (χ0) is 19.9. The number of halogens is 2. The maximum atomic E-state index is 14.0. The SMILES string of the molecule is O=C(O)C1CCN(C(=O)OCC2c3ccccc3-c3ccccc32)CC1(F)F. The van der Waals surface area contributed by atoms with E-state index in [4.69, 9.17) is 9.84 Å². The van der Waals surface area contributed by atoms with Crippen molar-refractivity contribution in [2.24, 2.45) is 5.92 Å². The number of hydrogen-bond acceptors (Lipinski definition) is 3. The van der Waals surface area contributed by atoms with Gasteiger partial charge in [0.05, 0.1) is 6.54 Å². The largest absolute Gasteiger partial charge is 0.481 e. The number of carbonyl (C=O) groups is 2. The van der Waals surface area contributed by atoms with Crippen LogP contribution in [-0.2, 0) is 9.53 Å². The number of carboxylic acid groups (broad SMARTS) is 1. The van der Waals surface area contributed by atoms with Crippen LogP contribution >= 0.6 is 0 Å². The molecule has 5 nitrogen and oxygen atoms in total. The van der Waals surface area contributed by atoms with Gasteiger partial charge in [-0.25, -0.2) is 13.6 Å². The fourth-order valence-electron chi connectivity index (χ4n) is 4.09. The number of carbonyl (C=O) groups excluding carboxylic acids is 1. The van der Waals surface area contributed by atoms with Crippen LogP contribution in [0.25, 0.3) is 11.1 Å². The van der Waals surface area contributed by atoms with Gasteiger partial charge in [0.2, 0.25) is 0 Å². The summed E-state index contributed by atoms with van der Waals surface area (Å²) in [7, 11) is 0. The number of fused-ring (bicyclic) bond motifs is 3. The predicted molar refractivity (Wildman–Crippen MR) is 97.3 cm³/mol. The number of benzene rings is 2. The fraction of sp³-hybridized carbons (Fsp3) is 0.333. The first-order chi connectivity index (χ1) is 13.4. The van der Waals surface area contributed by atoms with Crippen LogP contribution in [0.15, 0.2) is 48.5 Å². The summed E-state index contributed by atoms with van der Waals surface area (Å²) in [6, 6.07) is 15.7. The van der Waals surface area contributed by atoms with Gasteiger partial charge in [-0.05, 0) is 28.7 Å². The molecule has 2 aliphatic rings. The predicted octanol–water partition coefficient (Wildman–Crippen LogP) is 3.98. The third-order valence-electron chi connectivity index (χ3n) is 5.49. The molecule has 1 heterocycles. The standard InChI is InChI=1S/C21H19F2NO4/c22-21(23)12-24(10-9-18(21)19(25)26)20(27)28-11-17-15-7-3-1-5-13(15)14-6-2-4-8-16(14)17/h1-8,17-18H,9-12H2,(H,25,26). The van der Waals surface area contributed by atoms with Crippen LogP contribution in [0.2, 0.25) is 0 Å². The quantitative estimate of drug-likeness (QED) is 0.865. The maximum absolute atomic E-state index is 14.0. The minimum absolute atomic E-state index is 0.0390. The van der Waals surface area contributed by atoms with Crippen molar-refractivity contribution >= 4 is 12.1 Å². The molecule has 146 valence electrons. The van der Waals surface area contributed by atoms with Crippen molar-refractivity contribution in [3.63, 3.8) is 0 Å². The number of alkyl halides is 2. The summed E-state index contributed by atoms with van der Waals surface area (Å²) >= 11 is 0. The van der Waals surface area contributed by atoms with E-state index in [1.807, 2.05) is 48.5 Å². The topological polar surface area (TPSA) is 66.8 Å². The Bertz CT molecular complexity index is 885. The molecular weight excluding hydrogens is 368 g/mol. The van der Waals surface area contributed by atoms with Crippen LogP contribution in [0, 0.1) is 5.92 Å². The number of rotatable bonds is 3. The Hall–Kier alpha value is -2.96. The highest BCUT2D eigenvalue weighted by Crippen LogP contribution is 2.44. The number of aliphatic carboxylic acids is 1. The molecule has 0 spiro atoms. The minimum atomic E-state index is -3.48. The molecule has 7 heteroatoms. The first-order valence-electron chi connectivity index (χ1n) is 9.09. The molecule has 2 aromatic carbocycles. The van der Waals surface area contributed by atoms with Gasteiger partial charge in [0.1, 0.15) is 12.5 Å². The first-order valence-corrected chi connectivity index (χ1v) is 9.09. The Morgan fingerprint density at radius 3 is 2.18 bits per heavy atom. The number of amides is 1. The van der Waals surface area contributed by atoms with Crippen molar-refractivity contribution in [2.75, 3.05) is 19.7 Å². The molecule has 1 fully saturated rings. The molecule has 1 aliphatic heterocycles. The lowest BCUT2D eigenvalue weighted by atomic mass is 9.93. The highest BCUT2D eigenvalue weighted by Gasteiger charge is 2.50. The summed E-state index contributed by atoms with van der Waals surface area (Å²) in [5, 5.41) is 8.92. The van der Waals surface area contributed by atoms with Crippen molar-refractivity contribution in [3.8, 4) is 11.1 Å². The number of piperidine rings is 1. The van der Waals surface area contributed by atoms with Crippen molar-refractivity contribution in [1.82, 2.24) is 4.90 Å².